The summed E-state index contributed by atoms with van der Waals surface area (Å²) in [6.07, 6.45) is -0.404. The Morgan fingerprint density at radius 2 is 2.17 bits per heavy atom. The van der Waals surface area contributed by atoms with E-state index in [1.165, 1.54) is 0 Å². The van der Waals surface area contributed by atoms with Crippen LogP contribution in [0.25, 0.3) is 0 Å². The number of benzene rings is 1. The second-order valence-electron chi connectivity index (χ2n) is 4.54. The number of aliphatic hydroxyl groups excluding tert-OH is 1. The second-order valence-corrected chi connectivity index (χ2v) is 4.54. The van der Waals surface area contributed by atoms with Crippen LogP contribution in [0, 0.1) is 6.92 Å². The van der Waals surface area contributed by atoms with Crippen LogP contribution in [0.15, 0.2) is 18.2 Å². The van der Waals surface area contributed by atoms with Crippen molar-refractivity contribution in [3.05, 3.63) is 23.8 Å². The van der Waals surface area contributed by atoms with Gasteiger partial charge in [-0.15, -0.1) is 0 Å². The molecule has 4 nitrogen and oxygen atoms in total. The van der Waals surface area contributed by atoms with E-state index < -0.39 is 6.10 Å². The van der Waals surface area contributed by atoms with Crippen molar-refractivity contribution >= 4 is 11.4 Å². The topological polar surface area (TPSA) is 58.7 Å². The molecule has 0 bridgehead atoms. The van der Waals surface area contributed by atoms with E-state index in [1.807, 2.05) is 19.1 Å². The van der Waals surface area contributed by atoms with Gasteiger partial charge in [0.05, 0.1) is 19.3 Å². The quantitative estimate of drug-likeness (QED) is 0.574. The lowest BCUT2D eigenvalue weighted by atomic mass is 10.1. The largest absolute Gasteiger partial charge is 0.399 e. The van der Waals surface area contributed by atoms with Crippen molar-refractivity contribution in [2.24, 2.45) is 0 Å². The molecule has 0 aliphatic heterocycles. The molecule has 0 heterocycles. The predicted molar refractivity (Wildman–Crippen MR) is 76.0 cm³/mol. The molecule has 3 N–H and O–H groups in total. The van der Waals surface area contributed by atoms with Crippen LogP contribution in [-0.2, 0) is 4.74 Å². The summed E-state index contributed by atoms with van der Waals surface area (Å²) in [7, 11) is 0. The predicted octanol–water partition coefficient (Wildman–Crippen LogP) is 1.80. The zero-order chi connectivity index (χ0) is 13.5. The molecule has 18 heavy (non-hydrogen) atoms. The molecule has 0 aromatic heterocycles. The molecule has 1 unspecified atom stereocenters. The number of nitrogens with zero attached hydrogens (tertiary/aromatic N) is 1. The summed E-state index contributed by atoms with van der Waals surface area (Å²) in [5.74, 6) is 0. The Morgan fingerprint density at radius 3 is 2.72 bits per heavy atom. The van der Waals surface area contributed by atoms with Crippen molar-refractivity contribution in [3.63, 3.8) is 0 Å². The third-order valence-corrected chi connectivity index (χ3v) is 2.86. The summed E-state index contributed by atoms with van der Waals surface area (Å²) in [5, 5.41) is 9.11. The summed E-state index contributed by atoms with van der Waals surface area (Å²) in [5.41, 5.74) is 8.88. The fourth-order valence-electron chi connectivity index (χ4n) is 1.75. The first-order chi connectivity index (χ1) is 8.54. The Kier molecular flexibility index (Phi) is 5.95. The van der Waals surface area contributed by atoms with Crippen molar-refractivity contribution in [1.82, 2.24) is 0 Å². The SMILES string of the molecule is CCN(CCOCC(C)O)c1ccc(N)c(C)c1. The fourth-order valence-corrected chi connectivity index (χ4v) is 1.75. The van der Waals surface area contributed by atoms with Gasteiger partial charge in [0.2, 0.25) is 0 Å². The minimum Gasteiger partial charge on any atom is -0.399 e. The van der Waals surface area contributed by atoms with E-state index in [4.69, 9.17) is 15.6 Å². The number of aliphatic hydroxyl groups is 1. The van der Waals surface area contributed by atoms with Gasteiger partial charge in [0.1, 0.15) is 0 Å². The van der Waals surface area contributed by atoms with Gasteiger partial charge in [-0.2, -0.15) is 0 Å². The Balaban J connectivity index is 2.52. The maximum Gasteiger partial charge on any atom is 0.0745 e. The maximum atomic E-state index is 9.11. The summed E-state index contributed by atoms with van der Waals surface area (Å²) >= 11 is 0. The van der Waals surface area contributed by atoms with Gasteiger partial charge >= 0.3 is 0 Å². The van der Waals surface area contributed by atoms with Crippen LogP contribution in [0.2, 0.25) is 0 Å². The zero-order valence-electron chi connectivity index (χ0n) is 11.5. The van der Waals surface area contributed by atoms with Gasteiger partial charge < -0.3 is 20.5 Å². The van der Waals surface area contributed by atoms with E-state index in [0.29, 0.717) is 13.2 Å². The van der Waals surface area contributed by atoms with Gasteiger partial charge in [-0.05, 0) is 44.5 Å². The van der Waals surface area contributed by atoms with Crippen LogP contribution < -0.4 is 10.6 Å². The normalized spacial score (nSPS) is 12.4. The summed E-state index contributed by atoms with van der Waals surface area (Å²) in [4.78, 5) is 2.23. The van der Waals surface area contributed by atoms with Crippen molar-refractivity contribution in [2.75, 3.05) is 36.9 Å². The molecule has 1 rings (SSSR count). The second kappa shape index (κ2) is 7.24. The first-order valence-electron chi connectivity index (χ1n) is 6.41. The minimum atomic E-state index is -0.404. The number of nitrogens with two attached hydrogens (primary N) is 1. The van der Waals surface area contributed by atoms with E-state index in [0.717, 1.165) is 30.0 Å². The van der Waals surface area contributed by atoms with Crippen LogP contribution in [0.5, 0.6) is 0 Å². The van der Waals surface area contributed by atoms with Gasteiger partial charge in [-0.25, -0.2) is 0 Å². The number of rotatable bonds is 7. The van der Waals surface area contributed by atoms with E-state index in [1.54, 1.807) is 6.92 Å². The van der Waals surface area contributed by atoms with Crippen molar-refractivity contribution in [1.29, 1.82) is 0 Å². The molecular weight excluding hydrogens is 228 g/mol. The van der Waals surface area contributed by atoms with Crippen LogP contribution in [0.3, 0.4) is 0 Å². The molecular formula is C14H24N2O2. The maximum absolute atomic E-state index is 9.11. The lowest BCUT2D eigenvalue weighted by Crippen LogP contribution is -2.28. The van der Waals surface area contributed by atoms with E-state index >= 15 is 0 Å². The molecule has 0 fully saturated rings. The number of aryl methyl sites for hydroxylation is 1. The van der Waals surface area contributed by atoms with E-state index in [9.17, 15) is 0 Å². The number of nitrogen functional groups attached to an aromatic ring is 1. The van der Waals surface area contributed by atoms with Crippen LogP contribution in [0.1, 0.15) is 19.4 Å². The molecule has 1 aromatic rings. The Labute approximate surface area is 109 Å². The average molecular weight is 252 g/mol. The molecule has 1 atom stereocenters. The number of ether oxygens (including phenoxy) is 1. The smallest absolute Gasteiger partial charge is 0.0745 e. The molecule has 4 heteroatoms. The summed E-state index contributed by atoms with van der Waals surface area (Å²) < 4.78 is 5.39. The van der Waals surface area contributed by atoms with Crippen molar-refractivity contribution < 1.29 is 9.84 Å². The van der Waals surface area contributed by atoms with Crippen LogP contribution in [-0.4, -0.2) is 37.5 Å². The Bertz CT molecular complexity index is 367. The first-order valence-corrected chi connectivity index (χ1v) is 6.41. The molecule has 0 saturated heterocycles. The standard InChI is InChI=1S/C14H24N2O2/c1-4-16(7-8-18-10-12(3)17)13-5-6-14(15)11(2)9-13/h5-6,9,12,17H,4,7-8,10,15H2,1-3H3. The lowest BCUT2D eigenvalue weighted by Gasteiger charge is -2.24. The summed E-state index contributed by atoms with van der Waals surface area (Å²) in [6.45, 7) is 8.58. The monoisotopic (exact) mass is 252 g/mol. The number of hydrogen-bond donors (Lipinski definition) is 2. The first kappa shape index (κ1) is 14.8. The van der Waals surface area contributed by atoms with Gasteiger partial charge in [0, 0.05) is 24.5 Å². The molecule has 0 radical (unpaired) electrons. The van der Waals surface area contributed by atoms with Crippen LogP contribution >= 0.6 is 0 Å². The minimum absolute atomic E-state index is 0.387. The molecule has 0 aliphatic carbocycles. The highest BCUT2D eigenvalue weighted by atomic mass is 16.5. The highest BCUT2D eigenvalue weighted by Crippen LogP contribution is 2.20. The molecule has 0 aliphatic rings. The third-order valence-electron chi connectivity index (χ3n) is 2.86. The Hall–Kier alpha value is -1.26. The molecule has 0 saturated carbocycles. The molecule has 1 aromatic carbocycles. The molecule has 0 spiro atoms. The highest BCUT2D eigenvalue weighted by Gasteiger charge is 2.06. The Morgan fingerprint density at radius 1 is 1.44 bits per heavy atom. The number of hydrogen-bond acceptors (Lipinski definition) is 4. The lowest BCUT2D eigenvalue weighted by molar-refractivity contribution is 0.0495. The average Bonchev–Trinajstić information content (AvgIpc) is 2.33. The van der Waals surface area contributed by atoms with Gasteiger partial charge in [-0.1, -0.05) is 0 Å². The fraction of sp³-hybridized carbons (Fsp3) is 0.571. The number of likely N-dealkylation sites (N-methyl/N-ethyl adjacent to an activating group) is 1. The van der Waals surface area contributed by atoms with E-state index in [2.05, 4.69) is 17.9 Å². The van der Waals surface area contributed by atoms with E-state index in [-0.39, 0.29) is 0 Å². The van der Waals surface area contributed by atoms with Crippen molar-refractivity contribution in [2.45, 2.75) is 26.9 Å². The van der Waals surface area contributed by atoms with Gasteiger partial charge in [-0.3, -0.25) is 0 Å². The highest BCUT2D eigenvalue weighted by molar-refractivity contribution is 5.57. The number of anilines is 2. The molecule has 102 valence electrons. The molecule has 0 amide bonds. The van der Waals surface area contributed by atoms with Gasteiger partial charge in [0.25, 0.3) is 0 Å². The zero-order valence-corrected chi connectivity index (χ0v) is 11.5. The van der Waals surface area contributed by atoms with Gasteiger partial charge in [0.15, 0.2) is 0 Å². The summed E-state index contributed by atoms with van der Waals surface area (Å²) in [6, 6.07) is 6.05. The third kappa shape index (κ3) is 4.55. The van der Waals surface area contributed by atoms with Crippen molar-refractivity contribution in [3.8, 4) is 0 Å². The van der Waals surface area contributed by atoms with Crippen LogP contribution in [0.4, 0.5) is 11.4 Å².